The van der Waals surface area contributed by atoms with Crippen molar-refractivity contribution < 1.29 is 14.1 Å². The lowest BCUT2D eigenvalue weighted by molar-refractivity contribution is 0.0600. The number of nitrogens with one attached hydrogen (secondary N) is 1. The van der Waals surface area contributed by atoms with E-state index in [1.54, 1.807) is 0 Å². The van der Waals surface area contributed by atoms with Gasteiger partial charge in [-0.1, -0.05) is 47.6 Å². The summed E-state index contributed by atoms with van der Waals surface area (Å²) in [5.41, 5.74) is 3.32. The Balaban J connectivity index is 0.952. The highest BCUT2D eigenvalue weighted by atomic mass is 16.5. The van der Waals surface area contributed by atoms with Crippen LogP contribution in [0.5, 0.6) is 0 Å². The number of methoxy groups -OCH3 is 1. The monoisotopic (exact) mass is 500 g/mol. The molecule has 7 heteroatoms. The minimum Gasteiger partial charge on any atom is -0.465 e. The molecule has 1 aromatic heterocycles. The molecule has 2 aliphatic carbocycles. The van der Waals surface area contributed by atoms with Gasteiger partial charge in [0.25, 0.3) is 0 Å². The lowest BCUT2D eigenvalue weighted by atomic mass is 9.93. The molecule has 2 aromatic carbocycles. The number of carbonyl (C=O) groups excluding carboxylic acids is 1. The quantitative estimate of drug-likeness (QED) is 0.411. The summed E-state index contributed by atoms with van der Waals surface area (Å²) < 4.78 is 10.5. The van der Waals surface area contributed by atoms with Crippen molar-refractivity contribution in [1.82, 2.24) is 20.4 Å². The summed E-state index contributed by atoms with van der Waals surface area (Å²) in [7, 11) is 1.41. The van der Waals surface area contributed by atoms with E-state index in [9.17, 15) is 4.79 Å². The fraction of sp³-hybridized carbons (Fsp3) is 0.500. The fourth-order valence-corrected chi connectivity index (χ4v) is 5.72. The molecule has 1 aliphatic heterocycles. The Kier molecular flexibility index (Phi) is 6.82. The van der Waals surface area contributed by atoms with Crippen LogP contribution in [-0.2, 0) is 23.1 Å². The van der Waals surface area contributed by atoms with Gasteiger partial charge in [0.1, 0.15) is 0 Å². The molecule has 2 saturated carbocycles. The van der Waals surface area contributed by atoms with Gasteiger partial charge in [-0.3, -0.25) is 4.90 Å². The van der Waals surface area contributed by atoms with Crippen LogP contribution in [0.3, 0.4) is 0 Å². The predicted octanol–water partition coefficient (Wildman–Crippen LogP) is 4.49. The normalized spacial score (nSPS) is 23.1. The first-order valence-corrected chi connectivity index (χ1v) is 13.6. The second-order valence-corrected chi connectivity index (χ2v) is 11.1. The van der Waals surface area contributed by atoms with Gasteiger partial charge in [0.2, 0.25) is 5.89 Å². The molecule has 194 valence electrons. The number of likely N-dealkylation sites (tertiary alicyclic amines) is 1. The van der Waals surface area contributed by atoms with Crippen molar-refractivity contribution in [3.8, 4) is 0 Å². The number of hydrogen-bond acceptors (Lipinski definition) is 7. The third-order valence-electron chi connectivity index (χ3n) is 8.47. The Morgan fingerprint density at radius 1 is 1.11 bits per heavy atom. The van der Waals surface area contributed by atoms with Gasteiger partial charge in [0.15, 0.2) is 5.82 Å². The Bertz CT molecular complexity index is 1200. The second-order valence-electron chi connectivity index (χ2n) is 11.1. The Hall–Kier alpha value is -3.03. The maximum Gasteiger partial charge on any atom is 0.337 e. The minimum absolute atomic E-state index is 0.0678. The second kappa shape index (κ2) is 10.4. The molecule has 1 N–H and O–H groups in total. The number of rotatable bonds is 10. The van der Waals surface area contributed by atoms with E-state index in [1.165, 1.54) is 24.7 Å². The average Bonchev–Trinajstić information content (AvgIpc) is 3.86. The van der Waals surface area contributed by atoms with E-state index < -0.39 is 0 Å². The number of benzene rings is 2. The van der Waals surface area contributed by atoms with Gasteiger partial charge < -0.3 is 14.6 Å². The Morgan fingerprint density at radius 2 is 1.86 bits per heavy atom. The molecule has 0 radical (unpaired) electrons. The van der Waals surface area contributed by atoms with E-state index in [4.69, 9.17) is 14.2 Å². The van der Waals surface area contributed by atoms with Gasteiger partial charge in [0, 0.05) is 36.9 Å². The maximum atomic E-state index is 11.6. The van der Waals surface area contributed by atoms with Crippen molar-refractivity contribution in [3.05, 3.63) is 83.0 Å². The number of piperidine rings is 1. The van der Waals surface area contributed by atoms with E-state index in [2.05, 4.69) is 45.7 Å². The van der Waals surface area contributed by atoms with Crippen LogP contribution in [0.25, 0.3) is 0 Å². The first kappa shape index (κ1) is 24.3. The smallest absolute Gasteiger partial charge is 0.337 e. The van der Waals surface area contributed by atoms with Crippen LogP contribution in [-0.4, -0.2) is 53.8 Å². The number of ether oxygens (including phenoxy) is 1. The van der Waals surface area contributed by atoms with Crippen LogP contribution in [0.1, 0.15) is 71.2 Å². The number of carbonyl (C=O) groups is 1. The van der Waals surface area contributed by atoms with Gasteiger partial charge in [0.05, 0.1) is 12.7 Å². The van der Waals surface area contributed by atoms with Crippen molar-refractivity contribution in [1.29, 1.82) is 0 Å². The van der Waals surface area contributed by atoms with Crippen LogP contribution >= 0.6 is 0 Å². The summed E-state index contributed by atoms with van der Waals surface area (Å²) in [5, 5.41) is 8.20. The largest absolute Gasteiger partial charge is 0.465 e. The molecule has 2 heterocycles. The molecule has 1 saturated heterocycles. The third-order valence-corrected chi connectivity index (χ3v) is 8.47. The molecular weight excluding hydrogens is 464 g/mol. The topological polar surface area (TPSA) is 80.5 Å². The zero-order valence-corrected chi connectivity index (χ0v) is 21.6. The molecular formula is C30H36N4O3. The molecule has 0 spiro atoms. The van der Waals surface area contributed by atoms with Gasteiger partial charge in [-0.15, -0.1) is 0 Å². The van der Waals surface area contributed by atoms with Crippen LogP contribution in [0, 0.1) is 5.92 Å². The fourth-order valence-electron chi connectivity index (χ4n) is 5.72. The highest BCUT2D eigenvalue weighted by Crippen LogP contribution is 2.48. The molecule has 6 rings (SSSR count). The number of aromatic nitrogens is 2. The Morgan fingerprint density at radius 3 is 2.57 bits per heavy atom. The minimum atomic E-state index is -0.292. The summed E-state index contributed by atoms with van der Waals surface area (Å²) in [4.78, 5) is 19.0. The predicted molar refractivity (Wildman–Crippen MR) is 140 cm³/mol. The van der Waals surface area contributed by atoms with Crippen molar-refractivity contribution >= 4 is 5.97 Å². The van der Waals surface area contributed by atoms with Crippen LogP contribution in [0.15, 0.2) is 59.1 Å². The zero-order valence-electron chi connectivity index (χ0n) is 21.6. The van der Waals surface area contributed by atoms with Gasteiger partial charge >= 0.3 is 5.97 Å². The highest BCUT2D eigenvalue weighted by molar-refractivity contribution is 5.89. The molecule has 0 amide bonds. The SMILES string of the molecule is COC(=O)c1ccc(CN2CCC(Cc3nc(C4(CN[C@H]5C[C@@H]5c5ccccc5)CC4)no3)CC2)cc1. The summed E-state index contributed by atoms with van der Waals surface area (Å²) in [6, 6.07) is 19.1. The van der Waals surface area contributed by atoms with Crippen molar-refractivity contribution in [3.63, 3.8) is 0 Å². The third kappa shape index (κ3) is 5.63. The molecule has 0 bridgehead atoms. The van der Waals surface area contributed by atoms with Gasteiger partial charge in [-0.2, -0.15) is 4.98 Å². The molecule has 7 nitrogen and oxygen atoms in total. The lowest BCUT2D eigenvalue weighted by Crippen LogP contribution is -2.34. The van der Waals surface area contributed by atoms with Gasteiger partial charge in [-0.05, 0) is 74.4 Å². The van der Waals surface area contributed by atoms with E-state index in [1.807, 2.05) is 24.3 Å². The van der Waals surface area contributed by atoms with E-state index >= 15 is 0 Å². The van der Waals surface area contributed by atoms with Crippen molar-refractivity contribution in [2.75, 3.05) is 26.7 Å². The first-order chi connectivity index (χ1) is 18.1. The molecule has 3 aromatic rings. The number of hydrogen-bond donors (Lipinski definition) is 1. The lowest BCUT2D eigenvalue weighted by Gasteiger charge is -2.31. The zero-order chi connectivity index (χ0) is 25.2. The highest BCUT2D eigenvalue weighted by Gasteiger charge is 2.50. The molecule has 0 unspecified atom stereocenters. The molecule has 37 heavy (non-hydrogen) atoms. The molecule has 3 fully saturated rings. The summed E-state index contributed by atoms with van der Waals surface area (Å²) in [6.45, 7) is 3.96. The Labute approximate surface area is 218 Å². The van der Waals surface area contributed by atoms with Gasteiger partial charge in [-0.25, -0.2) is 4.79 Å². The number of esters is 1. The van der Waals surface area contributed by atoms with E-state index in [0.717, 1.165) is 70.0 Å². The van der Waals surface area contributed by atoms with E-state index in [0.29, 0.717) is 23.4 Å². The summed E-state index contributed by atoms with van der Waals surface area (Å²) in [5.74, 6) is 2.63. The standard InChI is InChI=1S/C30H36N4O3/c1-36-28(35)24-9-7-22(8-10-24)19-34-15-11-21(12-16-34)17-27-32-29(33-37-27)30(13-14-30)20-31-26-18-25(26)23-5-3-2-4-6-23/h2-10,21,25-26,31H,11-20H2,1H3/t25-,26+/m1/s1. The van der Waals surface area contributed by atoms with Crippen molar-refractivity contribution in [2.24, 2.45) is 5.92 Å². The van der Waals surface area contributed by atoms with Crippen LogP contribution in [0.2, 0.25) is 0 Å². The van der Waals surface area contributed by atoms with Crippen molar-refractivity contribution in [2.45, 2.75) is 62.4 Å². The van der Waals surface area contributed by atoms with Crippen LogP contribution in [0.4, 0.5) is 0 Å². The number of nitrogens with zero attached hydrogens (tertiary/aromatic N) is 3. The summed E-state index contributed by atoms with van der Waals surface area (Å²) in [6.07, 6.45) is 6.63. The summed E-state index contributed by atoms with van der Waals surface area (Å²) >= 11 is 0. The molecule has 3 aliphatic rings. The van der Waals surface area contributed by atoms with Crippen LogP contribution < -0.4 is 5.32 Å². The maximum absolute atomic E-state index is 11.6. The molecule has 2 atom stereocenters. The first-order valence-electron chi connectivity index (χ1n) is 13.6. The average molecular weight is 501 g/mol. The van der Waals surface area contributed by atoms with E-state index in [-0.39, 0.29) is 11.4 Å².